The largest absolute Gasteiger partial charge is 0.384 e. The first-order chi connectivity index (χ1) is 8.15. The van der Waals surface area contributed by atoms with Crippen LogP contribution in [0.25, 0.3) is 0 Å². The summed E-state index contributed by atoms with van der Waals surface area (Å²) in [6.07, 6.45) is 1.69. The van der Waals surface area contributed by atoms with Gasteiger partial charge in [-0.1, -0.05) is 22.0 Å². The van der Waals surface area contributed by atoms with Crippen LogP contribution in [0.2, 0.25) is 0 Å². The molecule has 0 aliphatic rings. The molecule has 1 heterocycles. The first-order valence-corrected chi connectivity index (χ1v) is 6.71. The number of nitrogen functional groups attached to an aromatic ring is 1. The highest BCUT2D eigenvalue weighted by atomic mass is 79.9. The monoisotopic (exact) mass is 312 g/mol. The van der Waals surface area contributed by atoms with Crippen molar-refractivity contribution in [1.29, 1.82) is 0 Å². The van der Waals surface area contributed by atoms with Gasteiger partial charge in [-0.25, -0.2) is 9.37 Å². The second-order valence-corrected chi connectivity index (χ2v) is 5.41. The van der Waals surface area contributed by atoms with E-state index in [2.05, 4.69) is 20.9 Å². The third-order valence-electron chi connectivity index (χ3n) is 2.17. The Kier molecular flexibility index (Phi) is 4.02. The van der Waals surface area contributed by atoms with Gasteiger partial charge in [0.15, 0.2) is 0 Å². The minimum absolute atomic E-state index is 0.199. The number of anilines is 1. The van der Waals surface area contributed by atoms with Crippen LogP contribution in [0.15, 0.2) is 45.9 Å². The van der Waals surface area contributed by atoms with Crippen LogP contribution in [-0.2, 0) is 5.75 Å². The number of nitrogens with zero attached hydrogens (tertiary/aromatic N) is 1. The highest BCUT2D eigenvalue weighted by Crippen LogP contribution is 2.25. The molecule has 0 saturated carbocycles. The van der Waals surface area contributed by atoms with Crippen LogP contribution < -0.4 is 5.73 Å². The summed E-state index contributed by atoms with van der Waals surface area (Å²) < 4.78 is 14.3. The van der Waals surface area contributed by atoms with Gasteiger partial charge in [0.05, 0.1) is 0 Å². The number of nitrogens with two attached hydrogens (primary N) is 1. The van der Waals surface area contributed by atoms with Gasteiger partial charge >= 0.3 is 0 Å². The fourth-order valence-electron chi connectivity index (χ4n) is 1.28. The Morgan fingerprint density at radius 2 is 2.12 bits per heavy atom. The maximum Gasteiger partial charge on any atom is 0.128 e. The normalized spacial score (nSPS) is 10.5. The average molecular weight is 313 g/mol. The lowest BCUT2D eigenvalue weighted by Gasteiger charge is -2.04. The summed E-state index contributed by atoms with van der Waals surface area (Å²) >= 11 is 4.76. The highest BCUT2D eigenvalue weighted by molar-refractivity contribution is 9.10. The standard InChI is InChI=1S/C12H10BrFN2S/c13-9-2-1-8(11(14)5-9)7-17-10-3-4-12(15)16-6-10/h1-6H,7H2,(H2,15,16). The molecule has 0 atom stereocenters. The van der Waals surface area contributed by atoms with Crippen LogP contribution >= 0.6 is 27.7 Å². The van der Waals surface area contributed by atoms with E-state index in [-0.39, 0.29) is 5.82 Å². The van der Waals surface area contributed by atoms with Gasteiger partial charge in [-0.2, -0.15) is 0 Å². The molecule has 0 saturated heterocycles. The first-order valence-electron chi connectivity index (χ1n) is 4.93. The summed E-state index contributed by atoms with van der Waals surface area (Å²) in [6, 6.07) is 8.69. The number of thioether (sulfide) groups is 1. The molecule has 0 aliphatic carbocycles. The molecule has 0 unspecified atom stereocenters. The van der Waals surface area contributed by atoms with Crippen LogP contribution in [0.1, 0.15) is 5.56 Å². The topological polar surface area (TPSA) is 38.9 Å². The molecule has 88 valence electrons. The maximum absolute atomic E-state index is 13.5. The average Bonchev–Trinajstić information content (AvgIpc) is 2.30. The van der Waals surface area contributed by atoms with Crippen molar-refractivity contribution in [1.82, 2.24) is 4.98 Å². The number of hydrogen-bond acceptors (Lipinski definition) is 3. The lowest BCUT2D eigenvalue weighted by atomic mass is 10.2. The van der Waals surface area contributed by atoms with Crippen molar-refractivity contribution < 1.29 is 4.39 Å². The third kappa shape index (κ3) is 3.44. The van der Waals surface area contributed by atoms with Crippen LogP contribution in [0.3, 0.4) is 0 Å². The Bertz CT molecular complexity index is 516. The molecule has 2 rings (SSSR count). The molecule has 0 spiro atoms. The molecule has 0 aliphatic heterocycles. The van der Waals surface area contributed by atoms with E-state index in [4.69, 9.17) is 5.73 Å². The Morgan fingerprint density at radius 1 is 1.29 bits per heavy atom. The van der Waals surface area contributed by atoms with E-state index in [1.165, 1.54) is 17.8 Å². The second kappa shape index (κ2) is 5.51. The molecule has 1 aromatic carbocycles. The third-order valence-corrected chi connectivity index (χ3v) is 3.69. The number of hydrogen-bond donors (Lipinski definition) is 1. The molecule has 5 heteroatoms. The van der Waals surface area contributed by atoms with E-state index in [1.54, 1.807) is 18.3 Å². The minimum Gasteiger partial charge on any atom is -0.384 e. The summed E-state index contributed by atoms with van der Waals surface area (Å²) in [5.41, 5.74) is 6.17. The Hall–Kier alpha value is -1.07. The molecule has 0 amide bonds. The molecule has 1 aromatic heterocycles. The van der Waals surface area contributed by atoms with Gasteiger partial charge in [-0.3, -0.25) is 0 Å². The van der Waals surface area contributed by atoms with E-state index in [0.717, 1.165) is 9.37 Å². The van der Waals surface area contributed by atoms with Crippen LogP contribution in [0.5, 0.6) is 0 Å². The van der Waals surface area contributed by atoms with Gasteiger partial charge in [0.1, 0.15) is 11.6 Å². The van der Waals surface area contributed by atoms with Gasteiger partial charge in [0.2, 0.25) is 0 Å². The molecule has 2 aromatic rings. The number of benzene rings is 1. The zero-order valence-corrected chi connectivity index (χ0v) is 11.3. The highest BCUT2D eigenvalue weighted by Gasteiger charge is 2.03. The molecule has 0 fully saturated rings. The van der Waals surface area contributed by atoms with Crippen molar-refractivity contribution in [2.24, 2.45) is 0 Å². The maximum atomic E-state index is 13.5. The van der Waals surface area contributed by atoms with E-state index in [0.29, 0.717) is 17.1 Å². The second-order valence-electron chi connectivity index (χ2n) is 3.44. The SMILES string of the molecule is Nc1ccc(SCc2ccc(Br)cc2F)cn1. The Balaban J connectivity index is 2.04. The summed E-state index contributed by atoms with van der Waals surface area (Å²) in [5.74, 6) is 0.865. The van der Waals surface area contributed by atoms with Gasteiger partial charge in [0.25, 0.3) is 0 Å². The smallest absolute Gasteiger partial charge is 0.128 e. The number of rotatable bonds is 3. The van der Waals surface area contributed by atoms with Crippen molar-refractivity contribution in [2.45, 2.75) is 10.6 Å². The van der Waals surface area contributed by atoms with Gasteiger partial charge < -0.3 is 5.73 Å². The van der Waals surface area contributed by atoms with Crippen molar-refractivity contribution in [3.8, 4) is 0 Å². The predicted octanol–water partition coefficient (Wildman–Crippen LogP) is 3.86. The van der Waals surface area contributed by atoms with Crippen LogP contribution in [0, 0.1) is 5.82 Å². The van der Waals surface area contributed by atoms with E-state index in [1.807, 2.05) is 12.1 Å². The lowest BCUT2D eigenvalue weighted by Crippen LogP contribution is -1.90. The number of halogens is 2. The zero-order chi connectivity index (χ0) is 12.3. The molecule has 2 N–H and O–H groups in total. The van der Waals surface area contributed by atoms with Gasteiger partial charge in [0, 0.05) is 21.3 Å². The Labute approximate surface area is 112 Å². The van der Waals surface area contributed by atoms with Crippen molar-refractivity contribution in [2.75, 3.05) is 5.73 Å². The fraction of sp³-hybridized carbons (Fsp3) is 0.0833. The first kappa shape index (κ1) is 12.4. The molecule has 0 bridgehead atoms. The summed E-state index contributed by atoms with van der Waals surface area (Å²) in [5, 5.41) is 0. The molecular formula is C12H10BrFN2S. The summed E-state index contributed by atoms with van der Waals surface area (Å²) in [6.45, 7) is 0. The van der Waals surface area contributed by atoms with Crippen LogP contribution in [0.4, 0.5) is 10.2 Å². The fourth-order valence-corrected chi connectivity index (χ4v) is 2.46. The van der Waals surface area contributed by atoms with E-state index < -0.39 is 0 Å². The molecule has 17 heavy (non-hydrogen) atoms. The minimum atomic E-state index is -0.199. The summed E-state index contributed by atoms with van der Waals surface area (Å²) in [4.78, 5) is 4.96. The quantitative estimate of drug-likeness (QED) is 0.875. The number of aromatic nitrogens is 1. The van der Waals surface area contributed by atoms with Crippen molar-refractivity contribution in [3.63, 3.8) is 0 Å². The Morgan fingerprint density at radius 3 is 2.76 bits per heavy atom. The zero-order valence-electron chi connectivity index (χ0n) is 8.86. The molecular weight excluding hydrogens is 303 g/mol. The van der Waals surface area contributed by atoms with Crippen molar-refractivity contribution >= 4 is 33.5 Å². The number of pyridine rings is 1. The molecule has 2 nitrogen and oxygen atoms in total. The van der Waals surface area contributed by atoms with Gasteiger partial charge in [-0.15, -0.1) is 11.8 Å². The van der Waals surface area contributed by atoms with Crippen LogP contribution in [-0.4, -0.2) is 4.98 Å². The van der Waals surface area contributed by atoms with E-state index >= 15 is 0 Å². The van der Waals surface area contributed by atoms with E-state index in [9.17, 15) is 4.39 Å². The predicted molar refractivity (Wildman–Crippen MR) is 72.3 cm³/mol. The van der Waals surface area contributed by atoms with Gasteiger partial charge in [-0.05, 0) is 29.8 Å². The lowest BCUT2D eigenvalue weighted by molar-refractivity contribution is 0.616. The van der Waals surface area contributed by atoms with Crippen molar-refractivity contribution in [3.05, 3.63) is 52.4 Å². The molecule has 0 radical (unpaired) electrons. The summed E-state index contributed by atoms with van der Waals surface area (Å²) in [7, 11) is 0.